The third-order valence-electron chi connectivity index (χ3n) is 3.68. The molecule has 0 aliphatic rings. The van der Waals surface area contributed by atoms with E-state index in [1.54, 1.807) is 4.90 Å². The lowest BCUT2D eigenvalue weighted by Crippen LogP contribution is -2.34. The number of aryl methyl sites for hydroxylation is 1. The molecule has 0 unspecified atom stereocenters. The molecule has 1 amide bonds. The summed E-state index contributed by atoms with van der Waals surface area (Å²) >= 11 is 0. The van der Waals surface area contributed by atoms with E-state index < -0.39 is 0 Å². The fourth-order valence-corrected chi connectivity index (χ4v) is 2.25. The number of esters is 1. The van der Waals surface area contributed by atoms with Crippen molar-refractivity contribution in [1.29, 1.82) is 0 Å². The van der Waals surface area contributed by atoms with Gasteiger partial charge in [0.2, 0.25) is 0 Å². The monoisotopic (exact) mass is 305 g/mol. The minimum Gasteiger partial charge on any atom is -0.469 e. The molecule has 0 aliphatic carbocycles. The molecule has 122 valence electrons. The van der Waals surface area contributed by atoms with Gasteiger partial charge in [0, 0.05) is 18.7 Å². The Morgan fingerprint density at radius 2 is 1.73 bits per heavy atom. The van der Waals surface area contributed by atoms with Crippen molar-refractivity contribution in [1.82, 2.24) is 4.90 Å². The zero-order valence-corrected chi connectivity index (χ0v) is 13.9. The molecule has 0 N–H and O–H groups in total. The molecule has 0 fully saturated rings. The Labute approximate surface area is 133 Å². The van der Waals surface area contributed by atoms with Gasteiger partial charge in [-0.05, 0) is 25.5 Å². The number of carbonyl (C=O) groups is 2. The molecule has 0 atom stereocenters. The molecule has 1 rings (SSSR count). The van der Waals surface area contributed by atoms with Crippen molar-refractivity contribution in [2.24, 2.45) is 0 Å². The number of rotatable bonds is 9. The predicted octanol–water partition coefficient (Wildman–Crippen LogP) is 3.58. The summed E-state index contributed by atoms with van der Waals surface area (Å²) in [5.41, 5.74) is 1.80. The van der Waals surface area contributed by atoms with Crippen LogP contribution in [0.2, 0.25) is 0 Å². The fourth-order valence-electron chi connectivity index (χ4n) is 2.25. The van der Waals surface area contributed by atoms with Crippen molar-refractivity contribution in [2.75, 3.05) is 20.2 Å². The number of nitrogens with zero attached hydrogens (tertiary/aromatic N) is 1. The molecule has 0 aliphatic heterocycles. The summed E-state index contributed by atoms with van der Waals surface area (Å²) in [6.45, 7) is 5.25. The Morgan fingerprint density at radius 1 is 1.05 bits per heavy atom. The number of methoxy groups -OCH3 is 1. The van der Waals surface area contributed by atoms with E-state index in [0.29, 0.717) is 18.7 Å². The lowest BCUT2D eigenvalue weighted by molar-refractivity contribution is -0.140. The number of carbonyl (C=O) groups excluding carboxylic acids is 2. The van der Waals surface area contributed by atoms with E-state index in [1.165, 1.54) is 13.5 Å². The maximum atomic E-state index is 12.6. The molecule has 0 bridgehead atoms. The smallest absolute Gasteiger partial charge is 0.307 e. The van der Waals surface area contributed by atoms with E-state index in [2.05, 4.69) is 11.7 Å². The van der Waals surface area contributed by atoms with E-state index in [-0.39, 0.29) is 18.3 Å². The third-order valence-corrected chi connectivity index (χ3v) is 3.68. The molecule has 0 spiro atoms. The maximum Gasteiger partial charge on any atom is 0.307 e. The summed E-state index contributed by atoms with van der Waals surface area (Å²) in [6, 6.07) is 7.55. The van der Waals surface area contributed by atoms with Crippen LogP contribution in [-0.4, -0.2) is 37.0 Å². The molecule has 4 nitrogen and oxygen atoms in total. The lowest BCUT2D eigenvalue weighted by atomic mass is 10.1. The van der Waals surface area contributed by atoms with Gasteiger partial charge in [-0.2, -0.15) is 0 Å². The van der Waals surface area contributed by atoms with Crippen LogP contribution >= 0.6 is 0 Å². The van der Waals surface area contributed by atoms with Gasteiger partial charge in [0.25, 0.3) is 5.91 Å². The average Bonchev–Trinajstić information content (AvgIpc) is 2.54. The molecule has 0 aromatic heterocycles. The molecule has 0 saturated heterocycles. The largest absolute Gasteiger partial charge is 0.469 e. The second-order valence-corrected chi connectivity index (χ2v) is 5.55. The molecule has 4 heteroatoms. The normalized spacial score (nSPS) is 10.3. The Hall–Kier alpha value is -1.84. The van der Waals surface area contributed by atoms with Crippen molar-refractivity contribution in [3.8, 4) is 0 Å². The van der Waals surface area contributed by atoms with E-state index >= 15 is 0 Å². The van der Waals surface area contributed by atoms with Gasteiger partial charge in [0.15, 0.2) is 0 Å². The lowest BCUT2D eigenvalue weighted by Gasteiger charge is -2.22. The van der Waals surface area contributed by atoms with Crippen molar-refractivity contribution in [3.05, 3.63) is 35.4 Å². The van der Waals surface area contributed by atoms with Crippen LogP contribution in [-0.2, 0) is 9.53 Å². The van der Waals surface area contributed by atoms with Crippen LogP contribution in [0, 0.1) is 6.92 Å². The molecule has 0 heterocycles. The van der Waals surface area contributed by atoms with Gasteiger partial charge in [-0.15, -0.1) is 0 Å². The predicted molar refractivity (Wildman–Crippen MR) is 87.9 cm³/mol. The summed E-state index contributed by atoms with van der Waals surface area (Å²) in [5.74, 6) is -0.296. The maximum absolute atomic E-state index is 12.6. The number of amides is 1. The Bertz CT molecular complexity index is 468. The molecule has 1 aromatic carbocycles. The van der Waals surface area contributed by atoms with Crippen LogP contribution in [0.3, 0.4) is 0 Å². The van der Waals surface area contributed by atoms with Crippen LogP contribution in [0.4, 0.5) is 0 Å². The summed E-state index contributed by atoms with van der Waals surface area (Å²) in [4.78, 5) is 25.7. The van der Waals surface area contributed by atoms with Crippen molar-refractivity contribution >= 4 is 11.9 Å². The number of hydrogen-bond donors (Lipinski definition) is 0. The summed E-state index contributed by atoms with van der Waals surface area (Å²) < 4.78 is 4.67. The zero-order valence-electron chi connectivity index (χ0n) is 13.9. The standard InChI is InChI=1S/C18H27NO3/c1-4-5-6-7-13-19(14-12-17(20)22-3)18(21)16-10-8-15(2)9-11-16/h8-11H,4-7,12-14H2,1-3H3. The number of hydrogen-bond acceptors (Lipinski definition) is 3. The average molecular weight is 305 g/mol. The number of benzene rings is 1. The Kier molecular flexibility index (Phi) is 8.26. The second-order valence-electron chi connectivity index (χ2n) is 5.55. The highest BCUT2D eigenvalue weighted by Crippen LogP contribution is 2.10. The highest BCUT2D eigenvalue weighted by Gasteiger charge is 2.16. The molecule has 0 radical (unpaired) electrons. The summed E-state index contributed by atoms with van der Waals surface area (Å²) in [6.07, 6.45) is 4.64. The second kappa shape index (κ2) is 9.98. The molecular formula is C18H27NO3. The number of ether oxygens (including phenoxy) is 1. The highest BCUT2D eigenvalue weighted by molar-refractivity contribution is 5.94. The van der Waals surface area contributed by atoms with E-state index in [4.69, 9.17) is 0 Å². The van der Waals surface area contributed by atoms with Crippen LogP contribution in [0.1, 0.15) is 54.9 Å². The van der Waals surface area contributed by atoms with Gasteiger partial charge in [-0.1, -0.05) is 43.9 Å². The Balaban J connectivity index is 2.67. The van der Waals surface area contributed by atoms with E-state index in [9.17, 15) is 9.59 Å². The summed E-state index contributed by atoms with van der Waals surface area (Å²) in [7, 11) is 1.37. The van der Waals surface area contributed by atoms with Crippen molar-refractivity contribution in [2.45, 2.75) is 46.0 Å². The first-order valence-corrected chi connectivity index (χ1v) is 8.01. The van der Waals surface area contributed by atoms with Gasteiger partial charge in [-0.3, -0.25) is 9.59 Å². The van der Waals surface area contributed by atoms with Crippen LogP contribution in [0.5, 0.6) is 0 Å². The molecule has 0 saturated carbocycles. The minimum atomic E-state index is -0.282. The molecule has 1 aromatic rings. The van der Waals surface area contributed by atoms with Gasteiger partial charge in [0.1, 0.15) is 0 Å². The Morgan fingerprint density at radius 3 is 2.32 bits per heavy atom. The first kappa shape index (κ1) is 18.2. The molecular weight excluding hydrogens is 278 g/mol. The quantitative estimate of drug-likeness (QED) is 0.517. The van der Waals surface area contributed by atoms with Gasteiger partial charge in [0.05, 0.1) is 13.5 Å². The zero-order chi connectivity index (χ0) is 16.4. The van der Waals surface area contributed by atoms with E-state index in [0.717, 1.165) is 24.8 Å². The van der Waals surface area contributed by atoms with Crippen molar-refractivity contribution < 1.29 is 14.3 Å². The first-order valence-electron chi connectivity index (χ1n) is 8.01. The molecule has 22 heavy (non-hydrogen) atoms. The fraction of sp³-hybridized carbons (Fsp3) is 0.556. The van der Waals surface area contributed by atoms with Gasteiger partial charge >= 0.3 is 5.97 Å². The topological polar surface area (TPSA) is 46.6 Å². The third kappa shape index (κ3) is 6.29. The van der Waals surface area contributed by atoms with Crippen molar-refractivity contribution in [3.63, 3.8) is 0 Å². The first-order chi connectivity index (χ1) is 10.6. The van der Waals surface area contributed by atoms with Gasteiger partial charge in [-0.25, -0.2) is 0 Å². The highest BCUT2D eigenvalue weighted by atomic mass is 16.5. The van der Waals surface area contributed by atoms with Crippen LogP contribution in [0.15, 0.2) is 24.3 Å². The van der Waals surface area contributed by atoms with E-state index in [1.807, 2.05) is 31.2 Å². The van der Waals surface area contributed by atoms with Gasteiger partial charge < -0.3 is 9.64 Å². The SMILES string of the molecule is CCCCCCN(CCC(=O)OC)C(=O)c1ccc(C)cc1. The minimum absolute atomic E-state index is 0.0135. The van der Waals surface area contributed by atoms with Crippen LogP contribution in [0.25, 0.3) is 0 Å². The van der Waals surface area contributed by atoms with Crippen LogP contribution < -0.4 is 0 Å². The summed E-state index contributed by atoms with van der Waals surface area (Å²) in [5, 5.41) is 0. The number of unbranched alkanes of at least 4 members (excludes halogenated alkanes) is 3.